The molecular formula is C9H12ClNO2S. The van der Waals surface area contributed by atoms with Gasteiger partial charge in [0, 0.05) is 0 Å². The van der Waals surface area contributed by atoms with Crippen LogP contribution in [0.2, 0.25) is 4.34 Å². The predicted octanol–water partition coefficient (Wildman–Crippen LogP) is 1.90. The number of aliphatic hydroxyl groups excluding tert-OH is 1. The molecule has 0 spiro atoms. The first-order valence-electron chi connectivity index (χ1n) is 4.34. The normalized spacial score (nSPS) is 12.5. The summed E-state index contributed by atoms with van der Waals surface area (Å²) in [4.78, 5) is 12.1. The number of halogens is 1. The van der Waals surface area contributed by atoms with Gasteiger partial charge in [-0.15, -0.1) is 11.3 Å². The fourth-order valence-electron chi connectivity index (χ4n) is 0.970. The minimum absolute atomic E-state index is 0.0403. The van der Waals surface area contributed by atoms with Gasteiger partial charge in [-0.05, 0) is 18.6 Å². The number of nitrogens with one attached hydrogen (secondary N) is 1. The van der Waals surface area contributed by atoms with E-state index in [1.807, 2.05) is 6.92 Å². The standard InChI is InChI=1S/C9H12ClNO2S/c1-2-6(5-12)11-9(13)7-3-4-8(10)14-7/h3-4,6,12H,2,5H2,1H3,(H,11,13). The van der Waals surface area contributed by atoms with Gasteiger partial charge in [0.2, 0.25) is 0 Å². The Kier molecular flexibility index (Phi) is 4.38. The van der Waals surface area contributed by atoms with Crippen LogP contribution in [0, 0.1) is 0 Å². The molecule has 1 aromatic heterocycles. The van der Waals surface area contributed by atoms with Crippen molar-refractivity contribution >= 4 is 28.8 Å². The summed E-state index contributed by atoms with van der Waals surface area (Å²) in [6, 6.07) is 3.18. The molecule has 0 aliphatic rings. The number of aliphatic hydroxyl groups is 1. The molecule has 1 amide bonds. The third kappa shape index (κ3) is 2.97. The number of carbonyl (C=O) groups excluding carboxylic acids is 1. The van der Waals surface area contributed by atoms with Crippen molar-refractivity contribution in [3.63, 3.8) is 0 Å². The number of carbonyl (C=O) groups is 1. The van der Waals surface area contributed by atoms with E-state index in [-0.39, 0.29) is 18.6 Å². The van der Waals surface area contributed by atoms with E-state index >= 15 is 0 Å². The zero-order valence-electron chi connectivity index (χ0n) is 7.79. The molecule has 0 saturated heterocycles. The second-order valence-corrected chi connectivity index (χ2v) is 4.58. The van der Waals surface area contributed by atoms with Crippen LogP contribution < -0.4 is 5.32 Å². The van der Waals surface area contributed by atoms with Crippen molar-refractivity contribution in [1.82, 2.24) is 5.32 Å². The van der Waals surface area contributed by atoms with Crippen LogP contribution in [0.15, 0.2) is 12.1 Å². The lowest BCUT2D eigenvalue weighted by Gasteiger charge is -2.12. The van der Waals surface area contributed by atoms with Gasteiger partial charge in [0.05, 0.1) is 21.9 Å². The van der Waals surface area contributed by atoms with Crippen LogP contribution in [0.5, 0.6) is 0 Å². The Hall–Kier alpha value is -0.580. The Bertz CT molecular complexity index is 310. The number of rotatable bonds is 4. The first-order valence-corrected chi connectivity index (χ1v) is 5.54. The molecule has 0 bridgehead atoms. The summed E-state index contributed by atoms with van der Waals surface area (Å²) in [6.07, 6.45) is 0.710. The molecule has 3 nitrogen and oxygen atoms in total. The molecule has 5 heteroatoms. The van der Waals surface area contributed by atoms with Crippen LogP contribution in [-0.2, 0) is 0 Å². The topological polar surface area (TPSA) is 49.3 Å². The molecule has 0 aliphatic carbocycles. The van der Waals surface area contributed by atoms with Gasteiger partial charge in [-0.1, -0.05) is 18.5 Å². The zero-order valence-corrected chi connectivity index (χ0v) is 9.36. The summed E-state index contributed by atoms with van der Waals surface area (Å²) in [5, 5.41) is 11.6. The zero-order chi connectivity index (χ0) is 10.6. The van der Waals surface area contributed by atoms with E-state index in [1.54, 1.807) is 12.1 Å². The molecule has 1 rings (SSSR count). The molecule has 1 atom stereocenters. The molecule has 2 N–H and O–H groups in total. The molecule has 1 heterocycles. The van der Waals surface area contributed by atoms with Gasteiger partial charge >= 0.3 is 0 Å². The quantitative estimate of drug-likeness (QED) is 0.835. The van der Waals surface area contributed by atoms with E-state index < -0.39 is 0 Å². The van der Waals surface area contributed by atoms with Gasteiger partial charge in [-0.25, -0.2) is 0 Å². The number of amides is 1. The lowest BCUT2D eigenvalue weighted by Crippen LogP contribution is -2.36. The number of hydrogen-bond donors (Lipinski definition) is 2. The van der Waals surface area contributed by atoms with E-state index in [2.05, 4.69) is 5.32 Å². The largest absolute Gasteiger partial charge is 0.394 e. The maximum Gasteiger partial charge on any atom is 0.261 e. The molecule has 1 unspecified atom stereocenters. The highest BCUT2D eigenvalue weighted by Gasteiger charge is 2.12. The van der Waals surface area contributed by atoms with E-state index in [0.29, 0.717) is 15.6 Å². The first kappa shape index (κ1) is 11.5. The van der Waals surface area contributed by atoms with Crippen LogP contribution in [-0.4, -0.2) is 23.7 Å². The van der Waals surface area contributed by atoms with Gasteiger partial charge in [-0.3, -0.25) is 4.79 Å². The van der Waals surface area contributed by atoms with Crippen molar-refractivity contribution in [2.45, 2.75) is 19.4 Å². The molecule has 0 aliphatic heterocycles. The van der Waals surface area contributed by atoms with Crippen LogP contribution in [0.3, 0.4) is 0 Å². The summed E-state index contributed by atoms with van der Waals surface area (Å²) >= 11 is 6.93. The molecular weight excluding hydrogens is 222 g/mol. The average molecular weight is 234 g/mol. The van der Waals surface area contributed by atoms with Crippen molar-refractivity contribution in [3.8, 4) is 0 Å². The van der Waals surface area contributed by atoms with Crippen LogP contribution in [0.25, 0.3) is 0 Å². The second kappa shape index (κ2) is 5.34. The van der Waals surface area contributed by atoms with Crippen molar-refractivity contribution in [1.29, 1.82) is 0 Å². The van der Waals surface area contributed by atoms with Crippen molar-refractivity contribution in [3.05, 3.63) is 21.3 Å². The maximum atomic E-state index is 11.5. The number of thiophene rings is 1. The fraction of sp³-hybridized carbons (Fsp3) is 0.444. The SMILES string of the molecule is CCC(CO)NC(=O)c1ccc(Cl)s1. The van der Waals surface area contributed by atoms with Gasteiger partial charge in [0.1, 0.15) is 0 Å². The predicted molar refractivity (Wildman–Crippen MR) is 58.0 cm³/mol. The summed E-state index contributed by atoms with van der Waals surface area (Å²) in [5.74, 6) is -0.178. The smallest absolute Gasteiger partial charge is 0.261 e. The molecule has 1 aromatic rings. The first-order chi connectivity index (χ1) is 6.67. The van der Waals surface area contributed by atoms with Crippen LogP contribution in [0.4, 0.5) is 0 Å². The van der Waals surface area contributed by atoms with E-state index in [9.17, 15) is 4.79 Å². The van der Waals surface area contributed by atoms with E-state index in [0.717, 1.165) is 0 Å². The summed E-state index contributed by atoms with van der Waals surface area (Å²) in [6.45, 7) is 1.86. The third-order valence-corrected chi connectivity index (χ3v) is 3.08. The van der Waals surface area contributed by atoms with E-state index in [1.165, 1.54) is 11.3 Å². The van der Waals surface area contributed by atoms with Gasteiger partial charge in [0.15, 0.2) is 0 Å². The van der Waals surface area contributed by atoms with E-state index in [4.69, 9.17) is 16.7 Å². The lowest BCUT2D eigenvalue weighted by atomic mass is 10.2. The maximum absolute atomic E-state index is 11.5. The summed E-state index contributed by atoms with van der Waals surface area (Å²) in [7, 11) is 0. The Morgan fingerprint density at radius 3 is 2.86 bits per heavy atom. The number of hydrogen-bond acceptors (Lipinski definition) is 3. The second-order valence-electron chi connectivity index (χ2n) is 2.86. The minimum atomic E-state index is -0.178. The minimum Gasteiger partial charge on any atom is -0.394 e. The molecule has 78 valence electrons. The Morgan fingerprint density at radius 1 is 1.71 bits per heavy atom. The molecule has 0 radical (unpaired) electrons. The monoisotopic (exact) mass is 233 g/mol. The Morgan fingerprint density at radius 2 is 2.43 bits per heavy atom. The van der Waals surface area contributed by atoms with Gasteiger partial charge in [-0.2, -0.15) is 0 Å². The molecule has 0 aromatic carbocycles. The van der Waals surface area contributed by atoms with Gasteiger partial charge < -0.3 is 10.4 Å². The summed E-state index contributed by atoms with van der Waals surface area (Å²) < 4.78 is 0.590. The van der Waals surface area contributed by atoms with Crippen LogP contribution in [0.1, 0.15) is 23.0 Å². The highest BCUT2D eigenvalue weighted by Crippen LogP contribution is 2.21. The highest BCUT2D eigenvalue weighted by atomic mass is 35.5. The summed E-state index contributed by atoms with van der Waals surface area (Å²) in [5.41, 5.74) is 0. The van der Waals surface area contributed by atoms with Crippen molar-refractivity contribution < 1.29 is 9.90 Å². The fourth-order valence-corrected chi connectivity index (χ4v) is 1.92. The van der Waals surface area contributed by atoms with Gasteiger partial charge in [0.25, 0.3) is 5.91 Å². The van der Waals surface area contributed by atoms with Crippen molar-refractivity contribution in [2.75, 3.05) is 6.61 Å². The van der Waals surface area contributed by atoms with Crippen molar-refractivity contribution in [2.24, 2.45) is 0 Å². The Balaban J connectivity index is 2.58. The highest BCUT2D eigenvalue weighted by molar-refractivity contribution is 7.17. The lowest BCUT2D eigenvalue weighted by molar-refractivity contribution is 0.0919. The molecule has 14 heavy (non-hydrogen) atoms. The van der Waals surface area contributed by atoms with Crippen LogP contribution >= 0.6 is 22.9 Å². The third-order valence-electron chi connectivity index (χ3n) is 1.85. The molecule has 0 saturated carbocycles. The average Bonchev–Trinajstić information content (AvgIpc) is 2.61. The Labute approximate surface area is 91.7 Å². The molecule has 0 fully saturated rings.